The van der Waals surface area contributed by atoms with Crippen LogP contribution in [0.2, 0.25) is 19.1 Å². The summed E-state index contributed by atoms with van der Waals surface area (Å²) < 4.78 is 0. The molecule has 0 aliphatic rings. The van der Waals surface area contributed by atoms with Gasteiger partial charge in [0.05, 0.1) is 8.07 Å². The van der Waals surface area contributed by atoms with Crippen LogP contribution in [0.4, 0.5) is 0 Å². The first kappa shape index (κ1) is 10.1. The maximum atomic E-state index is 9.15. The van der Waals surface area contributed by atoms with Crippen LogP contribution in [-0.4, -0.2) is 13.2 Å². The van der Waals surface area contributed by atoms with Crippen molar-refractivity contribution in [3.8, 4) is 5.75 Å². The largest absolute Gasteiger partial charge is 0.508 e. The lowest BCUT2D eigenvalue weighted by molar-refractivity contribution is 0.475. The van der Waals surface area contributed by atoms with Gasteiger partial charge in [-0.05, 0) is 18.2 Å². The van der Waals surface area contributed by atoms with Crippen molar-refractivity contribution in [3.63, 3.8) is 0 Å². The summed E-state index contributed by atoms with van der Waals surface area (Å²) in [5, 5.41) is 10.5. The van der Waals surface area contributed by atoms with Crippen LogP contribution in [0.1, 0.15) is 0 Å². The highest BCUT2D eigenvalue weighted by Crippen LogP contribution is 2.12. The highest BCUT2D eigenvalue weighted by Gasteiger charge is 2.20. The van der Waals surface area contributed by atoms with Crippen molar-refractivity contribution >= 4 is 13.3 Å². The molecule has 1 N–H and O–H groups in total. The van der Waals surface area contributed by atoms with E-state index >= 15 is 0 Å². The van der Waals surface area contributed by atoms with Crippen LogP contribution in [0.25, 0.3) is 0 Å². The predicted octanol–water partition coefficient (Wildman–Crippen LogP) is 2.49. The normalized spacial score (nSPS) is 11.2. The molecule has 70 valence electrons. The van der Waals surface area contributed by atoms with Gasteiger partial charge in [0.15, 0.2) is 0 Å². The van der Waals surface area contributed by atoms with E-state index in [4.69, 9.17) is 5.11 Å². The molecule has 2 heteroatoms. The van der Waals surface area contributed by atoms with E-state index in [1.165, 1.54) is 5.19 Å². The highest BCUT2D eigenvalue weighted by molar-refractivity contribution is 6.90. The van der Waals surface area contributed by atoms with E-state index in [9.17, 15) is 0 Å². The maximum absolute atomic E-state index is 9.15. The summed E-state index contributed by atoms with van der Waals surface area (Å²) in [6, 6.07) is 8.63. The number of allylic oxidation sites excluding steroid dienone is 1. The van der Waals surface area contributed by atoms with Crippen LogP contribution in [0.3, 0.4) is 0 Å². The summed E-state index contributed by atoms with van der Waals surface area (Å²) in [7, 11) is -1.33. The van der Waals surface area contributed by atoms with Crippen LogP contribution in [0, 0.1) is 0 Å². The van der Waals surface area contributed by atoms with E-state index in [1.807, 2.05) is 18.2 Å². The highest BCUT2D eigenvalue weighted by atomic mass is 28.3. The fourth-order valence-corrected chi connectivity index (χ4v) is 3.42. The zero-order chi connectivity index (χ0) is 9.90. The van der Waals surface area contributed by atoms with Gasteiger partial charge in [0.2, 0.25) is 0 Å². The Morgan fingerprint density at radius 2 is 1.85 bits per heavy atom. The lowest BCUT2D eigenvalue weighted by atomic mass is 10.3. The topological polar surface area (TPSA) is 20.2 Å². The Labute approximate surface area is 80.7 Å². The number of rotatable bonds is 3. The molecule has 0 aliphatic heterocycles. The van der Waals surface area contributed by atoms with E-state index in [2.05, 4.69) is 19.7 Å². The Kier molecular flexibility index (Phi) is 2.93. The van der Waals surface area contributed by atoms with Gasteiger partial charge in [0, 0.05) is 0 Å². The molecule has 1 rings (SSSR count). The van der Waals surface area contributed by atoms with Crippen LogP contribution < -0.4 is 5.19 Å². The minimum Gasteiger partial charge on any atom is -0.508 e. The molecule has 0 fully saturated rings. The first-order valence-corrected chi connectivity index (χ1v) is 7.67. The van der Waals surface area contributed by atoms with Crippen molar-refractivity contribution in [1.29, 1.82) is 0 Å². The number of hydrogen-bond donors (Lipinski definition) is 1. The molecule has 0 bridgehead atoms. The summed E-state index contributed by atoms with van der Waals surface area (Å²) in [5.41, 5.74) is 0. The van der Waals surface area contributed by atoms with Gasteiger partial charge >= 0.3 is 0 Å². The zero-order valence-electron chi connectivity index (χ0n) is 8.25. The molecule has 13 heavy (non-hydrogen) atoms. The van der Waals surface area contributed by atoms with Crippen molar-refractivity contribution in [2.24, 2.45) is 0 Å². The SMILES string of the molecule is C=CC[Si](C)(C)c1ccc(O)cc1. The zero-order valence-corrected chi connectivity index (χ0v) is 9.25. The molecule has 1 aromatic carbocycles. The van der Waals surface area contributed by atoms with Gasteiger partial charge in [-0.25, -0.2) is 0 Å². The maximum Gasteiger partial charge on any atom is 0.115 e. The molecular weight excluding hydrogens is 176 g/mol. The lowest BCUT2D eigenvalue weighted by Gasteiger charge is -2.20. The smallest absolute Gasteiger partial charge is 0.115 e. The second kappa shape index (κ2) is 3.79. The van der Waals surface area contributed by atoms with Gasteiger partial charge < -0.3 is 5.11 Å². The van der Waals surface area contributed by atoms with E-state index in [1.54, 1.807) is 12.1 Å². The second-order valence-electron chi connectivity index (χ2n) is 3.92. The Morgan fingerprint density at radius 3 is 2.31 bits per heavy atom. The van der Waals surface area contributed by atoms with Crippen molar-refractivity contribution in [2.45, 2.75) is 19.1 Å². The minimum atomic E-state index is -1.33. The molecule has 0 amide bonds. The van der Waals surface area contributed by atoms with Gasteiger partial charge in [-0.1, -0.05) is 36.5 Å². The van der Waals surface area contributed by atoms with Gasteiger partial charge in [-0.2, -0.15) is 0 Å². The average Bonchev–Trinajstić information content (AvgIpc) is 2.05. The Hall–Kier alpha value is -1.02. The van der Waals surface area contributed by atoms with E-state index in [0.717, 1.165) is 6.04 Å². The monoisotopic (exact) mass is 192 g/mol. The van der Waals surface area contributed by atoms with Gasteiger partial charge in [-0.3, -0.25) is 0 Å². The third-order valence-electron chi connectivity index (χ3n) is 2.30. The quantitative estimate of drug-likeness (QED) is 0.576. The number of phenols is 1. The molecule has 0 radical (unpaired) electrons. The molecule has 0 aliphatic carbocycles. The van der Waals surface area contributed by atoms with Crippen molar-refractivity contribution in [1.82, 2.24) is 0 Å². The first-order valence-electron chi connectivity index (χ1n) is 4.47. The lowest BCUT2D eigenvalue weighted by Crippen LogP contribution is -2.40. The van der Waals surface area contributed by atoms with Crippen LogP contribution >= 0.6 is 0 Å². The fraction of sp³-hybridized carbons (Fsp3) is 0.273. The standard InChI is InChI=1S/C11H16OSi/c1-4-9-13(2,3)11-7-5-10(12)6-8-11/h4-8,12H,1,9H2,2-3H3. The van der Waals surface area contributed by atoms with Crippen LogP contribution in [-0.2, 0) is 0 Å². The molecule has 0 heterocycles. The van der Waals surface area contributed by atoms with Crippen molar-refractivity contribution in [2.75, 3.05) is 0 Å². The Balaban J connectivity index is 2.93. The molecule has 1 nitrogen and oxygen atoms in total. The fourth-order valence-electron chi connectivity index (χ4n) is 1.39. The molecule has 1 aromatic rings. The summed E-state index contributed by atoms with van der Waals surface area (Å²) in [5.74, 6) is 0.340. The van der Waals surface area contributed by atoms with Gasteiger partial charge in [0.25, 0.3) is 0 Å². The third kappa shape index (κ3) is 2.46. The third-order valence-corrected chi connectivity index (χ3v) is 5.51. The number of hydrogen-bond acceptors (Lipinski definition) is 1. The second-order valence-corrected chi connectivity index (χ2v) is 8.68. The molecule has 0 aromatic heterocycles. The molecule has 0 saturated heterocycles. The summed E-state index contributed by atoms with van der Waals surface area (Å²) in [6.07, 6.45) is 1.99. The first-order chi connectivity index (χ1) is 6.06. The van der Waals surface area contributed by atoms with Gasteiger partial charge in [-0.15, -0.1) is 6.58 Å². The van der Waals surface area contributed by atoms with Crippen molar-refractivity contribution < 1.29 is 5.11 Å². The molecular formula is C11H16OSi. The Bertz CT molecular complexity index is 287. The molecule has 0 atom stereocenters. The van der Waals surface area contributed by atoms with Crippen LogP contribution in [0.15, 0.2) is 36.9 Å². The molecule has 0 saturated carbocycles. The summed E-state index contributed by atoms with van der Waals surface area (Å²) in [4.78, 5) is 0. The number of phenolic OH excluding ortho intramolecular Hbond substituents is 1. The van der Waals surface area contributed by atoms with Gasteiger partial charge in [0.1, 0.15) is 5.75 Å². The minimum absolute atomic E-state index is 0.340. The average molecular weight is 192 g/mol. The molecule has 0 unspecified atom stereocenters. The Morgan fingerprint density at radius 1 is 1.31 bits per heavy atom. The summed E-state index contributed by atoms with van der Waals surface area (Å²) in [6.45, 7) is 8.39. The van der Waals surface area contributed by atoms with Crippen molar-refractivity contribution in [3.05, 3.63) is 36.9 Å². The predicted molar refractivity (Wildman–Crippen MR) is 60.2 cm³/mol. The van der Waals surface area contributed by atoms with E-state index < -0.39 is 8.07 Å². The summed E-state index contributed by atoms with van der Waals surface area (Å²) >= 11 is 0. The van der Waals surface area contributed by atoms with E-state index in [0.29, 0.717) is 5.75 Å². The number of aromatic hydroxyl groups is 1. The molecule has 0 spiro atoms. The van der Waals surface area contributed by atoms with E-state index in [-0.39, 0.29) is 0 Å². The van der Waals surface area contributed by atoms with Crippen LogP contribution in [0.5, 0.6) is 5.75 Å². The number of benzene rings is 1.